The molecule has 9 nitrogen and oxygen atoms in total. The third-order valence-corrected chi connectivity index (χ3v) is 12.6. The van der Waals surface area contributed by atoms with Crippen molar-refractivity contribution in [3.05, 3.63) is 47.0 Å². The molecule has 0 saturated carbocycles. The first-order valence-electron chi connectivity index (χ1n) is 13.2. The first-order chi connectivity index (χ1) is 18.4. The molecule has 0 spiro atoms. The highest BCUT2D eigenvalue weighted by molar-refractivity contribution is 6.74. The number of hydrogen-bond acceptors (Lipinski definition) is 7. The molecule has 2 aliphatic rings. The summed E-state index contributed by atoms with van der Waals surface area (Å²) in [6.45, 7) is 12.1. The van der Waals surface area contributed by atoms with Crippen LogP contribution in [0.5, 0.6) is 23.0 Å². The van der Waals surface area contributed by atoms with Crippen LogP contribution in [0.2, 0.25) is 18.1 Å². The van der Waals surface area contributed by atoms with Gasteiger partial charge in [-0.3, -0.25) is 9.59 Å². The summed E-state index contributed by atoms with van der Waals surface area (Å²) in [5, 5.41) is 10.6. The summed E-state index contributed by atoms with van der Waals surface area (Å²) in [7, 11) is 1.09. The normalized spacial score (nSPS) is 18.6. The predicted molar refractivity (Wildman–Crippen MR) is 149 cm³/mol. The maximum Gasteiger partial charge on any atom is 0.313 e. The molecule has 2 aromatic carbocycles. The minimum Gasteiger partial charge on any atom is -0.493 e. The van der Waals surface area contributed by atoms with E-state index < -0.39 is 26.2 Å². The minimum atomic E-state index is -1.89. The van der Waals surface area contributed by atoms with Gasteiger partial charge < -0.3 is 33.4 Å². The number of aliphatic carboxylic acids is 1. The lowest BCUT2D eigenvalue weighted by molar-refractivity contribution is -0.140. The van der Waals surface area contributed by atoms with Gasteiger partial charge in [0.15, 0.2) is 31.3 Å². The Morgan fingerprint density at radius 3 is 2.36 bits per heavy atom. The third kappa shape index (κ3) is 5.58. The number of rotatable bonds is 10. The van der Waals surface area contributed by atoms with Gasteiger partial charge >= 0.3 is 5.97 Å². The Hall–Kier alpha value is -3.24. The van der Waals surface area contributed by atoms with E-state index in [1.54, 1.807) is 35.2 Å². The molecule has 0 aliphatic carbocycles. The van der Waals surface area contributed by atoms with E-state index in [2.05, 4.69) is 33.9 Å². The van der Waals surface area contributed by atoms with E-state index in [1.165, 1.54) is 14.2 Å². The van der Waals surface area contributed by atoms with Crippen molar-refractivity contribution in [3.8, 4) is 23.0 Å². The second-order valence-electron chi connectivity index (χ2n) is 11.5. The third-order valence-electron chi connectivity index (χ3n) is 8.10. The van der Waals surface area contributed by atoms with Crippen LogP contribution in [-0.2, 0) is 9.22 Å². The molecule has 1 amide bonds. The maximum atomic E-state index is 14.0. The monoisotopic (exact) mass is 557 g/mol. The summed E-state index contributed by atoms with van der Waals surface area (Å²) < 4.78 is 28.2. The molecule has 2 aromatic rings. The van der Waals surface area contributed by atoms with E-state index in [4.69, 9.17) is 23.4 Å². The molecule has 0 fully saturated rings. The van der Waals surface area contributed by atoms with E-state index in [0.717, 1.165) is 6.42 Å². The number of ether oxygens (including phenoxy) is 4. The van der Waals surface area contributed by atoms with Crippen LogP contribution < -0.4 is 18.9 Å². The van der Waals surface area contributed by atoms with Gasteiger partial charge in [0.1, 0.15) is 5.92 Å². The first-order valence-corrected chi connectivity index (χ1v) is 16.1. The molecule has 1 N–H and O–H groups in total. The average molecular weight is 558 g/mol. The van der Waals surface area contributed by atoms with Crippen molar-refractivity contribution in [2.75, 3.05) is 34.2 Å². The van der Waals surface area contributed by atoms with Gasteiger partial charge in [-0.15, -0.1) is 0 Å². The molecule has 4 rings (SSSR count). The molecule has 0 unspecified atom stereocenters. The molecule has 0 radical (unpaired) electrons. The Labute approximate surface area is 231 Å². The maximum absolute atomic E-state index is 14.0. The number of nitrogens with zero attached hydrogens (tertiary/aromatic N) is 1. The Morgan fingerprint density at radius 1 is 1.05 bits per heavy atom. The number of hydrogen-bond donors (Lipinski definition) is 1. The predicted octanol–water partition coefficient (Wildman–Crippen LogP) is 5.60. The molecular formula is C29H39NO8Si. The van der Waals surface area contributed by atoms with Gasteiger partial charge in [0.05, 0.1) is 20.3 Å². The van der Waals surface area contributed by atoms with Crippen LogP contribution in [-0.4, -0.2) is 64.4 Å². The van der Waals surface area contributed by atoms with Crippen molar-refractivity contribution in [1.82, 2.24) is 4.90 Å². The zero-order valence-electron chi connectivity index (χ0n) is 23.8. The van der Waals surface area contributed by atoms with E-state index >= 15 is 0 Å². The number of unbranched alkanes of at least 4 members (excludes halogenated alkanes) is 1. The molecular weight excluding hydrogens is 518 g/mol. The summed E-state index contributed by atoms with van der Waals surface area (Å²) in [6, 6.07) is 7.77. The van der Waals surface area contributed by atoms with Crippen LogP contribution in [0.25, 0.3) is 0 Å². The molecule has 2 aliphatic heterocycles. The highest BCUT2D eigenvalue weighted by Crippen LogP contribution is 2.48. The van der Waals surface area contributed by atoms with E-state index in [0.29, 0.717) is 59.3 Å². The summed E-state index contributed by atoms with van der Waals surface area (Å²) in [5.41, 5.74) is 1.36. The van der Waals surface area contributed by atoms with Crippen LogP contribution in [0.3, 0.4) is 0 Å². The topological polar surface area (TPSA) is 104 Å². The molecule has 39 heavy (non-hydrogen) atoms. The van der Waals surface area contributed by atoms with Crippen LogP contribution in [0.1, 0.15) is 67.1 Å². The van der Waals surface area contributed by atoms with Crippen LogP contribution in [0.15, 0.2) is 30.3 Å². The van der Waals surface area contributed by atoms with Gasteiger partial charge in [-0.2, -0.15) is 0 Å². The van der Waals surface area contributed by atoms with Gasteiger partial charge in [0, 0.05) is 18.7 Å². The quantitative estimate of drug-likeness (QED) is 0.297. The van der Waals surface area contributed by atoms with Crippen LogP contribution in [0.4, 0.5) is 0 Å². The van der Waals surface area contributed by atoms with Crippen molar-refractivity contribution in [3.63, 3.8) is 0 Å². The lowest BCUT2D eigenvalue weighted by Gasteiger charge is -2.41. The number of benzene rings is 2. The summed E-state index contributed by atoms with van der Waals surface area (Å²) in [4.78, 5) is 28.5. The van der Waals surface area contributed by atoms with Gasteiger partial charge in [0.2, 0.25) is 6.79 Å². The van der Waals surface area contributed by atoms with Crippen molar-refractivity contribution >= 4 is 20.2 Å². The standard InChI is InChI=1S/C29H39NO8Si/c1-29(2,3)39(6,7)38-13-9-8-12-30-26(18-10-11-21-24(14-18)37-17-36-21)25(28(32)33)19-15-22(34-4)23(35-5)16-20(19)27(30)31/h10-11,14-16,25-26H,8-9,12-13,17H2,1-7H3,(H,32,33)/t25-,26-/m1/s1. The van der Waals surface area contributed by atoms with E-state index in [9.17, 15) is 14.7 Å². The van der Waals surface area contributed by atoms with Crippen molar-refractivity contribution in [1.29, 1.82) is 0 Å². The molecule has 2 atom stereocenters. The number of carbonyl (C=O) groups is 2. The Morgan fingerprint density at radius 2 is 1.72 bits per heavy atom. The zero-order chi connectivity index (χ0) is 28.5. The largest absolute Gasteiger partial charge is 0.493 e. The Bertz CT molecular complexity index is 1240. The Kier molecular flexibility index (Phi) is 8.18. The lowest BCUT2D eigenvalue weighted by Crippen LogP contribution is -2.45. The first kappa shape index (κ1) is 28.8. The summed E-state index contributed by atoms with van der Waals surface area (Å²) in [5.74, 6) is -0.449. The van der Waals surface area contributed by atoms with Gasteiger partial charge in [-0.1, -0.05) is 26.8 Å². The molecule has 0 saturated heterocycles. The molecule has 2 heterocycles. The second-order valence-corrected chi connectivity index (χ2v) is 16.3. The molecule has 0 aromatic heterocycles. The SMILES string of the molecule is COc1cc2c(cc1OC)[C@@H](C(=O)O)[C@@H](c1ccc3c(c1)OCO3)N(CCCCO[Si](C)(C)C(C)(C)C)C2=O. The van der Waals surface area contributed by atoms with Gasteiger partial charge in [-0.25, -0.2) is 0 Å². The molecule has 212 valence electrons. The second kappa shape index (κ2) is 11.1. The smallest absolute Gasteiger partial charge is 0.313 e. The number of methoxy groups -OCH3 is 2. The van der Waals surface area contributed by atoms with Gasteiger partial charge in [-0.05, 0) is 66.4 Å². The summed E-state index contributed by atoms with van der Waals surface area (Å²) >= 11 is 0. The number of carboxylic acids is 1. The van der Waals surface area contributed by atoms with E-state index in [-0.39, 0.29) is 17.7 Å². The van der Waals surface area contributed by atoms with Crippen LogP contribution in [0, 0.1) is 0 Å². The number of carboxylic acid groups (broad SMARTS) is 1. The molecule has 0 bridgehead atoms. The fourth-order valence-corrected chi connectivity index (χ4v) is 5.96. The van der Waals surface area contributed by atoms with E-state index in [1.807, 2.05) is 0 Å². The fraction of sp³-hybridized carbons (Fsp3) is 0.517. The Balaban J connectivity index is 1.68. The highest BCUT2D eigenvalue weighted by Gasteiger charge is 2.45. The number of fused-ring (bicyclic) bond motifs is 2. The van der Waals surface area contributed by atoms with Gasteiger partial charge in [0.25, 0.3) is 5.91 Å². The number of amides is 1. The zero-order valence-corrected chi connectivity index (χ0v) is 24.8. The van der Waals surface area contributed by atoms with Crippen molar-refractivity contribution in [2.45, 2.75) is 63.7 Å². The van der Waals surface area contributed by atoms with Crippen molar-refractivity contribution < 1.29 is 38.1 Å². The molecule has 10 heteroatoms. The fourth-order valence-electron chi connectivity index (χ4n) is 4.87. The lowest BCUT2D eigenvalue weighted by atomic mass is 9.79. The summed E-state index contributed by atoms with van der Waals surface area (Å²) in [6.07, 6.45) is 1.41. The van der Waals surface area contributed by atoms with Crippen molar-refractivity contribution in [2.24, 2.45) is 0 Å². The minimum absolute atomic E-state index is 0.0997. The van der Waals surface area contributed by atoms with Crippen LogP contribution >= 0.6 is 0 Å². The number of carbonyl (C=O) groups excluding carboxylic acids is 1. The average Bonchev–Trinajstić information content (AvgIpc) is 3.35. The highest BCUT2D eigenvalue weighted by atomic mass is 28.4.